The Morgan fingerprint density at radius 2 is 1.93 bits per heavy atom. The number of nitrogens with one attached hydrogen (secondary N) is 2. The Hall–Kier alpha value is -1.33. The van der Waals surface area contributed by atoms with Gasteiger partial charge in [-0.1, -0.05) is 24.3 Å². The fraction of sp³-hybridized carbons (Fsp3) is 0.476. The number of thiophene rings is 1. The molecule has 0 bridgehead atoms. The number of hydrogen-bond acceptors (Lipinski definition) is 3. The first-order chi connectivity index (χ1) is 13.9. The molecule has 30 heavy (non-hydrogen) atoms. The Bertz CT molecular complexity index is 806. The molecule has 0 radical (unpaired) electrons. The normalized spacial score (nSPS) is 16.6. The van der Waals surface area contributed by atoms with Crippen molar-refractivity contribution in [2.45, 2.75) is 30.9 Å². The quantitative estimate of drug-likeness (QED) is 0.306. The molecule has 1 saturated heterocycles. The summed E-state index contributed by atoms with van der Waals surface area (Å²) < 4.78 is 45.1. The lowest BCUT2D eigenvalue weighted by Crippen LogP contribution is -2.48. The topological polar surface area (TPSA) is 45.7 Å². The average Bonchev–Trinajstić information content (AvgIpc) is 3.24. The zero-order chi connectivity index (χ0) is 20.7. The number of halogens is 4. The summed E-state index contributed by atoms with van der Waals surface area (Å²) in [6.45, 7) is 2.29. The minimum atomic E-state index is -4.35. The number of alkyl halides is 3. The van der Waals surface area contributed by atoms with Crippen LogP contribution in [0.15, 0.2) is 46.8 Å². The van der Waals surface area contributed by atoms with Crippen LogP contribution in [0.4, 0.5) is 13.2 Å². The smallest absolute Gasteiger partial charge is 0.381 e. The van der Waals surface area contributed by atoms with E-state index in [1.165, 1.54) is 17.0 Å². The third-order valence-electron chi connectivity index (χ3n) is 5.31. The summed E-state index contributed by atoms with van der Waals surface area (Å²) in [5, 5.41) is 8.66. The molecule has 1 aromatic heterocycles. The Morgan fingerprint density at radius 3 is 2.57 bits per heavy atom. The summed E-state index contributed by atoms with van der Waals surface area (Å²) in [4.78, 5) is 5.55. The highest BCUT2D eigenvalue weighted by Gasteiger charge is 2.37. The molecule has 3 rings (SSSR count). The molecule has 0 aliphatic carbocycles. The first-order valence-electron chi connectivity index (χ1n) is 9.65. The minimum Gasteiger partial charge on any atom is -0.381 e. The molecule has 0 amide bonds. The van der Waals surface area contributed by atoms with Crippen molar-refractivity contribution in [3.05, 3.63) is 57.8 Å². The number of guanidine groups is 1. The second-order valence-electron chi connectivity index (χ2n) is 7.15. The lowest BCUT2D eigenvalue weighted by Gasteiger charge is -2.38. The molecule has 1 aromatic carbocycles. The Morgan fingerprint density at radius 1 is 1.17 bits per heavy atom. The number of ether oxygens (including phenoxy) is 1. The van der Waals surface area contributed by atoms with Crippen LogP contribution in [0.5, 0.6) is 0 Å². The van der Waals surface area contributed by atoms with Crippen molar-refractivity contribution in [3.8, 4) is 0 Å². The van der Waals surface area contributed by atoms with E-state index in [4.69, 9.17) is 4.74 Å². The maximum atomic E-state index is 13.2. The monoisotopic (exact) mass is 553 g/mol. The number of nitrogens with zero attached hydrogens (tertiary/aromatic N) is 1. The summed E-state index contributed by atoms with van der Waals surface area (Å²) in [7, 11) is 1.70. The van der Waals surface area contributed by atoms with Crippen molar-refractivity contribution in [2.75, 3.05) is 33.4 Å². The van der Waals surface area contributed by atoms with Crippen molar-refractivity contribution in [3.63, 3.8) is 0 Å². The van der Waals surface area contributed by atoms with Crippen LogP contribution >= 0.6 is 35.3 Å². The van der Waals surface area contributed by atoms with E-state index in [1.54, 1.807) is 24.5 Å². The Kier molecular flexibility index (Phi) is 9.42. The third kappa shape index (κ3) is 6.58. The molecule has 2 aromatic rings. The van der Waals surface area contributed by atoms with Crippen molar-refractivity contribution in [1.82, 2.24) is 10.6 Å². The van der Waals surface area contributed by atoms with Crippen LogP contribution in [-0.4, -0.2) is 39.3 Å². The third-order valence-corrected chi connectivity index (χ3v) is 6.25. The fourth-order valence-corrected chi connectivity index (χ4v) is 4.30. The van der Waals surface area contributed by atoms with Gasteiger partial charge in [-0.2, -0.15) is 13.2 Å². The molecule has 0 saturated carbocycles. The van der Waals surface area contributed by atoms with Crippen LogP contribution in [-0.2, 0) is 22.7 Å². The molecular weight excluding hydrogens is 526 g/mol. The van der Waals surface area contributed by atoms with Gasteiger partial charge < -0.3 is 15.4 Å². The van der Waals surface area contributed by atoms with Gasteiger partial charge >= 0.3 is 6.18 Å². The molecule has 1 aliphatic heterocycles. The van der Waals surface area contributed by atoms with Gasteiger partial charge in [0.1, 0.15) is 0 Å². The van der Waals surface area contributed by atoms with Gasteiger partial charge in [0.15, 0.2) is 5.96 Å². The number of aliphatic imine (C=N–C) groups is 1. The predicted octanol–water partition coefficient (Wildman–Crippen LogP) is 4.84. The van der Waals surface area contributed by atoms with E-state index in [0.717, 1.165) is 19.0 Å². The maximum absolute atomic E-state index is 13.2. The van der Waals surface area contributed by atoms with Gasteiger partial charge in [-0.25, -0.2) is 0 Å². The molecule has 2 N–H and O–H groups in total. The van der Waals surface area contributed by atoms with Gasteiger partial charge in [0.25, 0.3) is 0 Å². The fourth-order valence-electron chi connectivity index (χ4n) is 3.59. The largest absolute Gasteiger partial charge is 0.416 e. The molecule has 4 nitrogen and oxygen atoms in total. The highest BCUT2D eigenvalue weighted by atomic mass is 127. The molecule has 1 aliphatic rings. The van der Waals surface area contributed by atoms with Crippen LogP contribution in [0, 0.1) is 0 Å². The highest BCUT2D eigenvalue weighted by molar-refractivity contribution is 14.0. The number of rotatable bonds is 6. The highest BCUT2D eigenvalue weighted by Crippen LogP contribution is 2.37. The van der Waals surface area contributed by atoms with Gasteiger partial charge in [-0.15, -0.1) is 35.3 Å². The molecule has 2 heterocycles. The summed E-state index contributed by atoms with van der Waals surface area (Å²) in [5.74, 6) is 0.652. The first-order valence-corrected chi connectivity index (χ1v) is 10.5. The van der Waals surface area contributed by atoms with Crippen LogP contribution < -0.4 is 10.6 Å². The summed E-state index contributed by atoms with van der Waals surface area (Å²) in [6.07, 6.45) is -2.14. The van der Waals surface area contributed by atoms with E-state index in [9.17, 15) is 13.2 Å². The molecule has 0 spiro atoms. The van der Waals surface area contributed by atoms with Crippen LogP contribution in [0.1, 0.15) is 28.8 Å². The molecule has 0 atom stereocenters. The zero-order valence-corrected chi connectivity index (χ0v) is 19.9. The SMILES string of the molecule is CN=C(NCCc1cccs1)NCC1(c2cccc(C(F)(F)F)c2)CCOCC1.I. The van der Waals surface area contributed by atoms with Crippen molar-refractivity contribution >= 4 is 41.3 Å². The van der Waals surface area contributed by atoms with E-state index in [-0.39, 0.29) is 24.0 Å². The van der Waals surface area contributed by atoms with Crippen LogP contribution in [0.25, 0.3) is 0 Å². The van der Waals surface area contributed by atoms with Crippen molar-refractivity contribution in [1.29, 1.82) is 0 Å². The van der Waals surface area contributed by atoms with Gasteiger partial charge in [-0.3, -0.25) is 4.99 Å². The summed E-state index contributed by atoms with van der Waals surface area (Å²) in [6, 6.07) is 9.79. The minimum absolute atomic E-state index is 0. The van der Waals surface area contributed by atoms with E-state index in [2.05, 4.69) is 21.7 Å². The van der Waals surface area contributed by atoms with Crippen LogP contribution in [0.2, 0.25) is 0 Å². The van der Waals surface area contributed by atoms with Gasteiger partial charge in [0, 0.05) is 43.6 Å². The lowest BCUT2D eigenvalue weighted by atomic mass is 9.73. The van der Waals surface area contributed by atoms with Crippen molar-refractivity contribution < 1.29 is 17.9 Å². The molecular formula is C21H27F3IN3OS. The number of hydrogen-bond donors (Lipinski definition) is 2. The molecule has 166 valence electrons. The molecule has 9 heteroatoms. The van der Waals surface area contributed by atoms with E-state index >= 15 is 0 Å². The first kappa shape index (κ1) is 24.9. The van der Waals surface area contributed by atoms with Gasteiger partial charge in [-0.05, 0) is 42.3 Å². The number of benzene rings is 1. The predicted molar refractivity (Wildman–Crippen MR) is 126 cm³/mol. The van der Waals surface area contributed by atoms with Gasteiger partial charge in [0.2, 0.25) is 0 Å². The Labute approximate surface area is 196 Å². The van der Waals surface area contributed by atoms with E-state index in [1.807, 2.05) is 11.4 Å². The van der Waals surface area contributed by atoms with Crippen molar-refractivity contribution in [2.24, 2.45) is 4.99 Å². The van der Waals surface area contributed by atoms with Gasteiger partial charge in [0.05, 0.1) is 5.56 Å². The second-order valence-corrected chi connectivity index (χ2v) is 8.19. The second kappa shape index (κ2) is 11.3. The average molecular weight is 553 g/mol. The zero-order valence-electron chi connectivity index (χ0n) is 16.8. The maximum Gasteiger partial charge on any atom is 0.416 e. The Balaban J connectivity index is 0.00000320. The standard InChI is InChI=1S/C21H26F3N3OS.HI/c1-25-19(26-10-7-18-6-3-13-29-18)27-15-20(8-11-28-12-9-20)16-4-2-5-17(14-16)21(22,23)24;/h2-6,13-14H,7-12,15H2,1H3,(H2,25,26,27);1H. The van der Waals surface area contributed by atoms with Crippen LogP contribution in [0.3, 0.4) is 0 Å². The lowest BCUT2D eigenvalue weighted by molar-refractivity contribution is -0.137. The molecule has 0 unspecified atom stereocenters. The van der Waals surface area contributed by atoms with E-state index in [0.29, 0.717) is 44.1 Å². The molecule has 1 fully saturated rings. The van der Waals surface area contributed by atoms with E-state index < -0.39 is 17.2 Å². The summed E-state index contributed by atoms with van der Waals surface area (Å²) in [5.41, 5.74) is -0.346. The summed E-state index contributed by atoms with van der Waals surface area (Å²) >= 11 is 1.71.